The summed E-state index contributed by atoms with van der Waals surface area (Å²) in [6.07, 6.45) is 3.49. The highest BCUT2D eigenvalue weighted by Gasteiger charge is 2.19. The van der Waals surface area contributed by atoms with Gasteiger partial charge in [-0.05, 0) is 48.9 Å². The number of thiazole rings is 1. The van der Waals surface area contributed by atoms with E-state index in [0.717, 1.165) is 45.8 Å². The molecule has 0 saturated carbocycles. The highest BCUT2D eigenvalue weighted by atomic mass is 35.5. The van der Waals surface area contributed by atoms with E-state index >= 15 is 0 Å². The minimum atomic E-state index is 0.0324. The van der Waals surface area contributed by atoms with Gasteiger partial charge in [-0.2, -0.15) is 0 Å². The lowest BCUT2D eigenvalue weighted by Gasteiger charge is -2.35. The number of rotatable bonds is 6. The minimum Gasteiger partial charge on any atom is -0.487 e. The van der Waals surface area contributed by atoms with E-state index in [9.17, 15) is 4.79 Å². The largest absolute Gasteiger partial charge is 0.487 e. The number of benzene rings is 2. The number of carbonyl (C=O) groups excluding carboxylic acids is 1. The number of hydrogen-bond acceptors (Lipinski definition) is 5. The third-order valence-corrected chi connectivity index (χ3v) is 6.17. The van der Waals surface area contributed by atoms with Crippen molar-refractivity contribution >= 4 is 40.6 Å². The molecule has 160 valence electrons. The van der Waals surface area contributed by atoms with Gasteiger partial charge in [0.15, 0.2) is 0 Å². The Kier molecular flexibility index (Phi) is 6.89. The molecule has 1 aliphatic rings. The van der Waals surface area contributed by atoms with Gasteiger partial charge in [0.05, 0.1) is 10.7 Å². The second kappa shape index (κ2) is 9.98. The van der Waals surface area contributed by atoms with E-state index in [-0.39, 0.29) is 5.91 Å². The Hall–Kier alpha value is -2.83. The smallest absolute Gasteiger partial charge is 0.246 e. The molecule has 31 heavy (non-hydrogen) atoms. The van der Waals surface area contributed by atoms with Crippen LogP contribution in [-0.2, 0) is 11.4 Å². The predicted octanol–water partition coefficient (Wildman–Crippen LogP) is 5.05. The summed E-state index contributed by atoms with van der Waals surface area (Å²) in [5.74, 6) is 0.816. The van der Waals surface area contributed by atoms with E-state index in [0.29, 0.717) is 19.7 Å². The van der Waals surface area contributed by atoms with Gasteiger partial charge in [0.1, 0.15) is 12.4 Å². The van der Waals surface area contributed by atoms with E-state index in [4.69, 9.17) is 16.3 Å². The van der Waals surface area contributed by atoms with Crippen molar-refractivity contribution in [2.24, 2.45) is 0 Å². The van der Waals surface area contributed by atoms with Crippen LogP contribution in [0.1, 0.15) is 16.3 Å². The predicted molar refractivity (Wildman–Crippen MR) is 127 cm³/mol. The molecular formula is C24H24ClN3O2S. The first-order chi connectivity index (χ1) is 15.1. The van der Waals surface area contributed by atoms with Crippen molar-refractivity contribution < 1.29 is 9.53 Å². The Morgan fingerprint density at radius 3 is 2.61 bits per heavy atom. The monoisotopic (exact) mass is 453 g/mol. The second-order valence-electron chi connectivity index (χ2n) is 7.34. The van der Waals surface area contributed by atoms with E-state index in [2.05, 4.69) is 16.0 Å². The molecule has 0 bridgehead atoms. The van der Waals surface area contributed by atoms with Crippen LogP contribution in [-0.4, -0.2) is 42.0 Å². The first kappa shape index (κ1) is 21.4. The molecule has 4 rings (SSSR count). The van der Waals surface area contributed by atoms with Crippen LogP contribution in [0.5, 0.6) is 5.75 Å². The maximum Gasteiger partial charge on any atom is 0.246 e. The summed E-state index contributed by atoms with van der Waals surface area (Å²) in [5, 5.41) is 3.77. The quantitative estimate of drug-likeness (QED) is 0.490. The van der Waals surface area contributed by atoms with Crippen LogP contribution in [0.4, 0.5) is 5.69 Å². The van der Waals surface area contributed by atoms with Gasteiger partial charge in [-0.25, -0.2) is 4.98 Å². The summed E-state index contributed by atoms with van der Waals surface area (Å²) in [6, 6.07) is 15.5. The lowest BCUT2D eigenvalue weighted by molar-refractivity contribution is -0.126. The molecule has 0 N–H and O–H groups in total. The molecular weight excluding hydrogens is 430 g/mol. The number of halogens is 1. The Morgan fingerprint density at radius 2 is 1.94 bits per heavy atom. The average molecular weight is 454 g/mol. The molecule has 0 unspecified atom stereocenters. The molecule has 1 fully saturated rings. The minimum absolute atomic E-state index is 0.0324. The molecule has 5 nitrogen and oxygen atoms in total. The molecule has 0 atom stereocenters. The molecule has 3 aromatic rings. The normalized spacial score (nSPS) is 14.3. The highest BCUT2D eigenvalue weighted by molar-refractivity contribution is 7.09. The highest BCUT2D eigenvalue weighted by Crippen LogP contribution is 2.21. The van der Waals surface area contributed by atoms with E-state index in [1.165, 1.54) is 0 Å². The van der Waals surface area contributed by atoms with Gasteiger partial charge in [-0.3, -0.25) is 4.79 Å². The summed E-state index contributed by atoms with van der Waals surface area (Å²) in [5.41, 5.74) is 3.00. The zero-order chi connectivity index (χ0) is 21.6. The fourth-order valence-corrected chi connectivity index (χ4v) is 4.22. The Morgan fingerprint density at radius 1 is 1.16 bits per heavy atom. The number of nitrogens with zero attached hydrogens (tertiary/aromatic N) is 3. The van der Waals surface area contributed by atoms with Gasteiger partial charge >= 0.3 is 0 Å². The Labute approximate surface area is 191 Å². The zero-order valence-corrected chi connectivity index (χ0v) is 18.9. The van der Waals surface area contributed by atoms with E-state index < -0.39 is 0 Å². The van der Waals surface area contributed by atoms with Crippen molar-refractivity contribution in [1.82, 2.24) is 9.88 Å². The van der Waals surface area contributed by atoms with Gasteiger partial charge in [0, 0.05) is 48.3 Å². The maximum atomic E-state index is 12.6. The maximum absolute atomic E-state index is 12.6. The standard InChI is InChI=1S/C24H24ClN3O2S/c1-18-26-21(17-31-18)16-30-23-8-5-19(6-9-23)7-10-24(29)28-13-11-27(12-14-28)22-4-2-3-20(25)15-22/h2-10,15,17H,11-14,16H2,1H3/b10-7+. The van der Waals surface area contributed by atoms with Crippen LogP contribution in [0, 0.1) is 6.92 Å². The van der Waals surface area contributed by atoms with Crippen LogP contribution < -0.4 is 9.64 Å². The third kappa shape index (κ3) is 5.87. The molecule has 7 heteroatoms. The molecule has 1 aromatic heterocycles. The molecule has 2 heterocycles. The Bertz CT molecular complexity index is 1060. The van der Waals surface area contributed by atoms with Crippen LogP contribution in [0.2, 0.25) is 5.02 Å². The lowest BCUT2D eigenvalue weighted by Crippen LogP contribution is -2.48. The van der Waals surface area contributed by atoms with Crippen molar-refractivity contribution in [2.45, 2.75) is 13.5 Å². The van der Waals surface area contributed by atoms with Crippen molar-refractivity contribution in [3.63, 3.8) is 0 Å². The van der Waals surface area contributed by atoms with Gasteiger partial charge < -0.3 is 14.5 Å². The zero-order valence-electron chi connectivity index (χ0n) is 17.3. The molecule has 1 aliphatic heterocycles. The van der Waals surface area contributed by atoms with Crippen LogP contribution in [0.25, 0.3) is 6.08 Å². The van der Waals surface area contributed by atoms with Crippen LogP contribution >= 0.6 is 22.9 Å². The fraction of sp³-hybridized carbons (Fsp3) is 0.250. The lowest BCUT2D eigenvalue weighted by atomic mass is 10.2. The van der Waals surface area contributed by atoms with Crippen molar-refractivity contribution in [3.8, 4) is 5.75 Å². The number of amides is 1. The van der Waals surface area contributed by atoms with Crippen LogP contribution in [0.3, 0.4) is 0 Å². The first-order valence-electron chi connectivity index (χ1n) is 10.2. The molecule has 2 aromatic carbocycles. The molecule has 1 saturated heterocycles. The van der Waals surface area contributed by atoms with Crippen molar-refractivity contribution in [1.29, 1.82) is 0 Å². The molecule has 0 aliphatic carbocycles. The summed E-state index contributed by atoms with van der Waals surface area (Å²) in [4.78, 5) is 21.1. The molecule has 1 amide bonds. The average Bonchev–Trinajstić information content (AvgIpc) is 3.22. The number of carbonyl (C=O) groups is 1. The second-order valence-corrected chi connectivity index (χ2v) is 8.84. The number of ether oxygens (including phenoxy) is 1. The number of aromatic nitrogens is 1. The molecule has 0 radical (unpaired) electrons. The summed E-state index contributed by atoms with van der Waals surface area (Å²) in [6.45, 7) is 5.42. The fourth-order valence-electron chi connectivity index (χ4n) is 3.44. The van der Waals surface area contributed by atoms with Crippen LogP contribution in [0.15, 0.2) is 60.0 Å². The first-order valence-corrected chi connectivity index (χ1v) is 11.4. The topological polar surface area (TPSA) is 45.7 Å². The number of piperazine rings is 1. The van der Waals surface area contributed by atoms with Crippen molar-refractivity contribution in [2.75, 3.05) is 31.1 Å². The molecule has 0 spiro atoms. The van der Waals surface area contributed by atoms with Gasteiger partial charge in [-0.15, -0.1) is 11.3 Å². The van der Waals surface area contributed by atoms with Gasteiger partial charge in [0.25, 0.3) is 0 Å². The number of anilines is 1. The third-order valence-electron chi connectivity index (χ3n) is 5.12. The summed E-state index contributed by atoms with van der Waals surface area (Å²) in [7, 11) is 0. The van der Waals surface area contributed by atoms with Gasteiger partial charge in [-0.1, -0.05) is 29.8 Å². The number of hydrogen-bond donors (Lipinski definition) is 0. The Balaban J connectivity index is 1.26. The van der Waals surface area contributed by atoms with E-state index in [1.54, 1.807) is 17.4 Å². The summed E-state index contributed by atoms with van der Waals surface area (Å²) < 4.78 is 5.77. The van der Waals surface area contributed by atoms with Gasteiger partial charge in [0.2, 0.25) is 5.91 Å². The van der Waals surface area contributed by atoms with E-state index in [1.807, 2.05) is 65.7 Å². The SMILES string of the molecule is Cc1nc(COc2ccc(/C=C/C(=O)N3CCN(c4cccc(Cl)c4)CC3)cc2)cs1. The summed E-state index contributed by atoms with van der Waals surface area (Å²) >= 11 is 7.71. The number of aryl methyl sites for hydroxylation is 1. The van der Waals surface area contributed by atoms with Crippen molar-refractivity contribution in [3.05, 3.63) is 81.3 Å².